The van der Waals surface area contributed by atoms with Crippen molar-refractivity contribution in [3.05, 3.63) is 0 Å². The van der Waals surface area contributed by atoms with Crippen molar-refractivity contribution in [3.8, 4) is 0 Å². The third kappa shape index (κ3) is 2.94. The lowest BCUT2D eigenvalue weighted by atomic mass is 9.63. The molecule has 3 N–H and O–H groups in total. The van der Waals surface area contributed by atoms with Crippen molar-refractivity contribution in [3.63, 3.8) is 0 Å². The molecule has 1 aliphatic rings. The monoisotopic (exact) mass is 256 g/mol. The predicted molar refractivity (Wildman–Crippen MR) is 69.4 cm³/mol. The van der Waals surface area contributed by atoms with Crippen LogP contribution in [-0.4, -0.2) is 29.7 Å². The highest BCUT2D eigenvalue weighted by Gasteiger charge is 2.46. The van der Waals surface area contributed by atoms with Crippen LogP contribution in [0.15, 0.2) is 0 Å². The number of nitrogens with one attached hydrogen (secondary N) is 2. The molecule has 18 heavy (non-hydrogen) atoms. The fourth-order valence-corrected chi connectivity index (χ4v) is 2.84. The van der Waals surface area contributed by atoms with E-state index in [1.54, 1.807) is 7.05 Å². The average Bonchev–Trinajstić information content (AvgIpc) is 2.26. The van der Waals surface area contributed by atoms with Crippen molar-refractivity contribution in [2.24, 2.45) is 11.3 Å². The lowest BCUT2D eigenvalue weighted by Gasteiger charge is -2.48. The third-order valence-electron chi connectivity index (χ3n) is 4.24. The molecular weight excluding hydrogens is 232 g/mol. The number of hydrogen-bond acceptors (Lipinski definition) is 2. The number of rotatable bonds is 2. The van der Waals surface area contributed by atoms with Crippen LogP contribution in [0.4, 0.5) is 4.79 Å². The fourth-order valence-electron chi connectivity index (χ4n) is 2.84. The van der Waals surface area contributed by atoms with Crippen LogP contribution < -0.4 is 10.6 Å². The Hall–Kier alpha value is -1.26. The molecule has 0 aromatic carbocycles. The highest BCUT2D eigenvalue weighted by molar-refractivity contribution is 5.78. The van der Waals surface area contributed by atoms with Gasteiger partial charge < -0.3 is 15.7 Å². The zero-order chi connectivity index (χ0) is 14.0. The maximum atomic E-state index is 11.6. The van der Waals surface area contributed by atoms with Gasteiger partial charge in [0.2, 0.25) is 5.91 Å². The molecule has 0 bridgehead atoms. The summed E-state index contributed by atoms with van der Waals surface area (Å²) in [6, 6.07) is 0. The van der Waals surface area contributed by atoms with Gasteiger partial charge in [-0.1, -0.05) is 20.8 Å². The minimum atomic E-state index is -0.983. The highest BCUT2D eigenvalue weighted by Crippen LogP contribution is 2.43. The molecular formula is C13H24N2O3. The Morgan fingerprint density at radius 1 is 1.22 bits per heavy atom. The molecule has 104 valence electrons. The molecule has 0 radical (unpaired) electrons. The summed E-state index contributed by atoms with van der Waals surface area (Å²) in [7, 11) is 1.64. The SMILES string of the molecule is CNC(=O)C1CCC(NC(=O)O)(C(C)(C)C)CC1. The van der Waals surface area contributed by atoms with Gasteiger partial charge in [-0.2, -0.15) is 0 Å². The Labute approximate surface area is 108 Å². The van der Waals surface area contributed by atoms with Gasteiger partial charge in [0, 0.05) is 18.5 Å². The van der Waals surface area contributed by atoms with Crippen molar-refractivity contribution >= 4 is 12.0 Å². The van der Waals surface area contributed by atoms with Crippen LogP contribution in [0, 0.1) is 11.3 Å². The average molecular weight is 256 g/mol. The standard InChI is InChI=1S/C13H24N2O3/c1-12(2,3)13(15-11(17)18)7-5-9(6-8-13)10(16)14-4/h9,15H,5-8H2,1-4H3,(H,14,16)(H,17,18). The van der Waals surface area contributed by atoms with Gasteiger partial charge in [-0.15, -0.1) is 0 Å². The van der Waals surface area contributed by atoms with Gasteiger partial charge in [0.15, 0.2) is 0 Å². The topological polar surface area (TPSA) is 78.4 Å². The van der Waals surface area contributed by atoms with E-state index in [-0.39, 0.29) is 17.2 Å². The van der Waals surface area contributed by atoms with E-state index in [4.69, 9.17) is 5.11 Å². The minimum absolute atomic E-state index is 0.0149. The molecule has 5 heteroatoms. The lowest BCUT2D eigenvalue weighted by molar-refractivity contribution is -0.126. The van der Waals surface area contributed by atoms with Crippen molar-refractivity contribution in [2.45, 2.75) is 52.0 Å². The van der Waals surface area contributed by atoms with Gasteiger partial charge in [0.05, 0.1) is 0 Å². The van der Waals surface area contributed by atoms with Crippen LogP contribution in [0.25, 0.3) is 0 Å². The maximum absolute atomic E-state index is 11.6. The number of carboxylic acid groups (broad SMARTS) is 1. The van der Waals surface area contributed by atoms with Crippen LogP contribution >= 0.6 is 0 Å². The van der Waals surface area contributed by atoms with Gasteiger partial charge in [0.1, 0.15) is 0 Å². The second-order valence-corrected chi connectivity index (χ2v) is 6.15. The number of amides is 2. The van der Waals surface area contributed by atoms with Gasteiger partial charge in [-0.3, -0.25) is 4.79 Å². The second kappa shape index (κ2) is 5.16. The van der Waals surface area contributed by atoms with Crippen molar-refractivity contribution < 1.29 is 14.7 Å². The van der Waals surface area contributed by atoms with E-state index in [2.05, 4.69) is 10.6 Å². The summed E-state index contributed by atoms with van der Waals surface area (Å²) in [6.45, 7) is 6.13. The summed E-state index contributed by atoms with van der Waals surface area (Å²) in [5, 5.41) is 14.4. The molecule has 0 unspecified atom stereocenters. The summed E-state index contributed by atoms with van der Waals surface area (Å²) < 4.78 is 0. The quantitative estimate of drug-likeness (QED) is 0.707. The Morgan fingerprint density at radius 3 is 2.06 bits per heavy atom. The van der Waals surface area contributed by atoms with E-state index < -0.39 is 11.6 Å². The summed E-state index contributed by atoms with van der Waals surface area (Å²) in [5.41, 5.74) is -0.581. The van der Waals surface area contributed by atoms with Crippen LogP contribution in [0.3, 0.4) is 0 Å². The van der Waals surface area contributed by atoms with Crippen LogP contribution in [0.1, 0.15) is 46.5 Å². The highest BCUT2D eigenvalue weighted by atomic mass is 16.4. The third-order valence-corrected chi connectivity index (χ3v) is 4.24. The molecule has 0 spiro atoms. The molecule has 1 rings (SSSR count). The zero-order valence-electron chi connectivity index (χ0n) is 11.7. The van der Waals surface area contributed by atoms with Crippen LogP contribution in [-0.2, 0) is 4.79 Å². The summed E-state index contributed by atoms with van der Waals surface area (Å²) >= 11 is 0. The largest absolute Gasteiger partial charge is 0.465 e. The van der Waals surface area contributed by atoms with E-state index in [0.29, 0.717) is 12.8 Å². The molecule has 0 heterocycles. The molecule has 0 saturated heterocycles. The maximum Gasteiger partial charge on any atom is 0.405 e. The summed E-state index contributed by atoms with van der Waals surface area (Å²) in [5.74, 6) is 0.0777. The Balaban J connectivity index is 2.80. The molecule has 1 aliphatic carbocycles. The van der Waals surface area contributed by atoms with E-state index >= 15 is 0 Å². The fraction of sp³-hybridized carbons (Fsp3) is 0.846. The smallest absolute Gasteiger partial charge is 0.405 e. The summed E-state index contributed by atoms with van der Waals surface area (Å²) in [4.78, 5) is 22.6. The molecule has 5 nitrogen and oxygen atoms in total. The molecule has 1 fully saturated rings. The Bertz CT molecular complexity index is 326. The first kappa shape index (κ1) is 14.8. The van der Waals surface area contributed by atoms with Crippen molar-refractivity contribution in [1.29, 1.82) is 0 Å². The first-order valence-corrected chi connectivity index (χ1v) is 6.44. The molecule has 0 aromatic heterocycles. The predicted octanol–water partition coefficient (Wildman–Crippen LogP) is 1.98. The van der Waals surface area contributed by atoms with Gasteiger partial charge in [-0.25, -0.2) is 4.79 Å². The van der Waals surface area contributed by atoms with Crippen molar-refractivity contribution in [1.82, 2.24) is 10.6 Å². The van der Waals surface area contributed by atoms with E-state index in [1.807, 2.05) is 20.8 Å². The summed E-state index contributed by atoms with van der Waals surface area (Å²) in [6.07, 6.45) is 1.90. The molecule has 2 amide bonds. The zero-order valence-corrected chi connectivity index (χ0v) is 11.7. The lowest BCUT2D eigenvalue weighted by Crippen LogP contribution is -2.59. The Kier molecular flexibility index (Phi) is 4.24. The number of hydrogen-bond donors (Lipinski definition) is 3. The second-order valence-electron chi connectivity index (χ2n) is 6.15. The van der Waals surface area contributed by atoms with Gasteiger partial charge in [-0.05, 0) is 31.1 Å². The number of carbonyl (C=O) groups excluding carboxylic acids is 1. The van der Waals surface area contributed by atoms with Crippen LogP contribution in [0.2, 0.25) is 0 Å². The Morgan fingerprint density at radius 2 is 1.72 bits per heavy atom. The number of carbonyl (C=O) groups is 2. The van der Waals surface area contributed by atoms with E-state index in [9.17, 15) is 9.59 Å². The van der Waals surface area contributed by atoms with E-state index in [1.165, 1.54) is 0 Å². The molecule has 0 aliphatic heterocycles. The molecule has 0 atom stereocenters. The molecule has 0 aromatic rings. The normalized spacial score (nSPS) is 28.6. The first-order valence-electron chi connectivity index (χ1n) is 6.44. The first-order chi connectivity index (χ1) is 8.22. The van der Waals surface area contributed by atoms with Gasteiger partial charge >= 0.3 is 6.09 Å². The van der Waals surface area contributed by atoms with Crippen LogP contribution in [0.5, 0.6) is 0 Å². The minimum Gasteiger partial charge on any atom is -0.465 e. The van der Waals surface area contributed by atoms with Gasteiger partial charge in [0.25, 0.3) is 0 Å². The molecule has 1 saturated carbocycles. The van der Waals surface area contributed by atoms with E-state index in [0.717, 1.165) is 12.8 Å². The van der Waals surface area contributed by atoms with Crippen molar-refractivity contribution in [2.75, 3.05) is 7.05 Å².